The van der Waals surface area contributed by atoms with Gasteiger partial charge in [-0.3, -0.25) is 4.90 Å². The van der Waals surface area contributed by atoms with Crippen LogP contribution in [-0.4, -0.2) is 65.6 Å². The van der Waals surface area contributed by atoms with Crippen LogP contribution in [0.5, 0.6) is 0 Å². The number of nitrogens with one attached hydrogen (secondary N) is 1. The number of H-pyrrole nitrogens is 1. The molecule has 1 saturated heterocycles. The Morgan fingerprint density at radius 1 is 0.970 bits per heavy atom. The van der Waals surface area contributed by atoms with Crippen LogP contribution < -0.4 is 10.6 Å². The van der Waals surface area contributed by atoms with E-state index < -0.39 is 0 Å². The molecule has 3 N–H and O–H groups in total. The van der Waals surface area contributed by atoms with Crippen LogP contribution in [0.1, 0.15) is 5.69 Å². The Morgan fingerprint density at radius 2 is 1.82 bits per heavy atom. The molecule has 11 nitrogen and oxygen atoms in total. The molecule has 11 heteroatoms. The molecule has 0 saturated carbocycles. The lowest BCUT2D eigenvalue weighted by atomic mass is 10.2. The van der Waals surface area contributed by atoms with Crippen LogP contribution in [0, 0.1) is 0 Å². The number of hydrogen-bond acceptors (Lipinski definition) is 9. The van der Waals surface area contributed by atoms with Gasteiger partial charge in [-0.2, -0.15) is 19.5 Å². The molecule has 0 bridgehead atoms. The van der Waals surface area contributed by atoms with Crippen molar-refractivity contribution in [1.29, 1.82) is 0 Å². The number of benzene rings is 1. The van der Waals surface area contributed by atoms with Crippen LogP contribution in [0.25, 0.3) is 28.8 Å². The first kappa shape index (κ1) is 19.4. The summed E-state index contributed by atoms with van der Waals surface area (Å²) in [7, 11) is 0. The summed E-state index contributed by atoms with van der Waals surface area (Å²) in [6.07, 6.45) is 3.49. The minimum atomic E-state index is 0.244. The average Bonchev–Trinajstić information content (AvgIpc) is 3.61. The molecule has 1 fully saturated rings. The molecule has 5 heterocycles. The van der Waals surface area contributed by atoms with Gasteiger partial charge in [0.2, 0.25) is 17.7 Å². The van der Waals surface area contributed by atoms with E-state index in [0.717, 1.165) is 49.8 Å². The largest absolute Gasteiger partial charge is 0.461 e. The molecular weight excluding hydrogens is 420 g/mol. The predicted octanol–water partition coefficient (Wildman–Crippen LogP) is 2.07. The summed E-state index contributed by atoms with van der Waals surface area (Å²) in [5.74, 6) is 3.09. The molecule has 5 aromatic rings. The minimum Gasteiger partial charge on any atom is -0.461 e. The Hall–Kier alpha value is -4.25. The number of furan rings is 1. The Labute approximate surface area is 188 Å². The van der Waals surface area contributed by atoms with Crippen molar-refractivity contribution >= 4 is 17.7 Å². The normalized spacial score (nSPS) is 14.8. The number of aromatic nitrogens is 7. The van der Waals surface area contributed by atoms with E-state index in [1.165, 1.54) is 4.52 Å². The molecule has 166 valence electrons. The maximum atomic E-state index is 6.14. The second kappa shape index (κ2) is 8.02. The first-order valence-electron chi connectivity index (χ1n) is 10.7. The molecule has 0 radical (unpaired) electrons. The van der Waals surface area contributed by atoms with E-state index in [0.29, 0.717) is 23.3 Å². The van der Waals surface area contributed by atoms with Gasteiger partial charge in [-0.25, -0.2) is 4.98 Å². The van der Waals surface area contributed by atoms with Crippen molar-refractivity contribution in [3.05, 3.63) is 60.6 Å². The van der Waals surface area contributed by atoms with Gasteiger partial charge in [-0.05, 0) is 12.1 Å². The van der Waals surface area contributed by atoms with E-state index in [1.807, 2.05) is 24.4 Å². The zero-order valence-corrected chi connectivity index (χ0v) is 17.8. The third kappa shape index (κ3) is 3.78. The summed E-state index contributed by atoms with van der Waals surface area (Å²) in [5.41, 5.74) is 8.32. The summed E-state index contributed by atoms with van der Waals surface area (Å²) in [5, 5.41) is 4.35. The zero-order valence-electron chi connectivity index (χ0n) is 17.8. The number of hydrogen-bond donors (Lipinski definition) is 2. The molecule has 1 aliphatic heterocycles. The van der Waals surface area contributed by atoms with Crippen molar-refractivity contribution in [2.75, 3.05) is 36.8 Å². The van der Waals surface area contributed by atoms with Crippen LogP contribution in [0.4, 0.5) is 11.9 Å². The maximum Gasteiger partial charge on any atom is 0.259 e. The van der Waals surface area contributed by atoms with Crippen LogP contribution in [-0.2, 0) is 6.54 Å². The van der Waals surface area contributed by atoms with Gasteiger partial charge >= 0.3 is 0 Å². The van der Waals surface area contributed by atoms with Crippen molar-refractivity contribution in [3.8, 4) is 23.0 Å². The van der Waals surface area contributed by atoms with E-state index in [2.05, 4.69) is 52.0 Å². The van der Waals surface area contributed by atoms with Crippen LogP contribution in [0.3, 0.4) is 0 Å². The van der Waals surface area contributed by atoms with Gasteiger partial charge in [0.05, 0.1) is 6.26 Å². The van der Waals surface area contributed by atoms with Gasteiger partial charge in [-0.15, -0.1) is 5.10 Å². The number of nitrogens with two attached hydrogens (primary N) is 1. The molecule has 0 spiro atoms. The molecule has 1 aliphatic rings. The molecule has 0 atom stereocenters. The average molecular weight is 442 g/mol. The van der Waals surface area contributed by atoms with Gasteiger partial charge < -0.3 is 20.0 Å². The molecule has 0 unspecified atom stereocenters. The highest BCUT2D eigenvalue weighted by molar-refractivity contribution is 5.55. The molecule has 4 aromatic heterocycles. The van der Waals surface area contributed by atoms with Crippen molar-refractivity contribution in [3.63, 3.8) is 0 Å². The number of piperazine rings is 1. The van der Waals surface area contributed by atoms with Gasteiger partial charge in [0.25, 0.3) is 5.78 Å². The fourth-order valence-electron chi connectivity index (χ4n) is 3.97. The molecule has 6 rings (SSSR count). The van der Waals surface area contributed by atoms with Gasteiger partial charge in [-0.1, -0.05) is 30.3 Å². The van der Waals surface area contributed by atoms with Gasteiger partial charge in [0.15, 0.2) is 5.76 Å². The smallest absolute Gasteiger partial charge is 0.259 e. The lowest BCUT2D eigenvalue weighted by Crippen LogP contribution is -2.46. The quantitative estimate of drug-likeness (QED) is 0.420. The van der Waals surface area contributed by atoms with Gasteiger partial charge in [0, 0.05) is 50.2 Å². The number of anilines is 2. The monoisotopic (exact) mass is 442 g/mol. The highest BCUT2D eigenvalue weighted by Crippen LogP contribution is 2.20. The fraction of sp³-hybridized carbons (Fsp3) is 0.227. The van der Waals surface area contributed by atoms with E-state index >= 15 is 0 Å². The third-order valence-corrected chi connectivity index (χ3v) is 5.69. The standard InChI is InChI=1S/C22H22N10O/c23-20-27-21(28-22-26-19(29-32(20)22)17-7-4-12-33-17)31-10-8-30(9-11-31)14-16-13-24-18(25-16)15-5-2-1-3-6-15/h1-7,12-13H,8-11,14H2,(H,24,25)(H2,23,26,27,28,29). The third-order valence-electron chi connectivity index (χ3n) is 5.69. The van der Waals surface area contributed by atoms with E-state index in [9.17, 15) is 0 Å². The number of rotatable bonds is 5. The lowest BCUT2D eigenvalue weighted by Gasteiger charge is -2.34. The Morgan fingerprint density at radius 3 is 2.61 bits per heavy atom. The van der Waals surface area contributed by atoms with Crippen molar-refractivity contribution in [2.45, 2.75) is 6.54 Å². The van der Waals surface area contributed by atoms with E-state index in [1.54, 1.807) is 18.4 Å². The number of aromatic amines is 1. The second-order valence-corrected chi connectivity index (χ2v) is 7.89. The summed E-state index contributed by atoms with van der Waals surface area (Å²) in [4.78, 5) is 25.9. The van der Waals surface area contributed by atoms with Crippen molar-refractivity contribution in [1.82, 2.24) is 39.4 Å². The molecular formula is C22H22N10O. The summed E-state index contributed by atoms with van der Waals surface area (Å²) >= 11 is 0. The first-order chi connectivity index (χ1) is 16.2. The van der Waals surface area contributed by atoms with E-state index in [-0.39, 0.29) is 5.95 Å². The summed E-state index contributed by atoms with van der Waals surface area (Å²) in [6, 6.07) is 13.7. The zero-order chi connectivity index (χ0) is 22.2. The lowest BCUT2D eigenvalue weighted by molar-refractivity contribution is 0.246. The fourth-order valence-corrected chi connectivity index (χ4v) is 3.97. The second-order valence-electron chi connectivity index (χ2n) is 7.89. The maximum absolute atomic E-state index is 6.14. The number of imidazole rings is 1. The Kier molecular flexibility index (Phi) is 4.73. The SMILES string of the molecule is Nc1nc(N2CCN(Cc3cnc(-c4ccccc4)[nH]3)CC2)nc2nc(-c3ccco3)nn12. The Bertz CT molecular complexity index is 1370. The summed E-state index contributed by atoms with van der Waals surface area (Å²) in [6.45, 7) is 4.13. The molecule has 0 amide bonds. The number of fused-ring (bicyclic) bond motifs is 1. The molecule has 33 heavy (non-hydrogen) atoms. The highest BCUT2D eigenvalue weighted by Gasteiger charge is 2.22. The van der Waals surface area contributed by atoms with Crippen molar-refractivity contribution < 1.29 is 4.42 Å². The van der Waals surface area contributed by atoms with Gasteiger partial charge in [0.1, 0.15) is 5.82 Å². The number of nitrogen functional groups attached to an aromatic ring is 1. The highest BCUT2D eigenvalue weighted by atomic mass is 16.3. The van der Waals surface area contributed by atoms with Crippen LogP contribution in [0.15, 0.2) is 59.3 Å². The van der Waals surface area contributed by atoms with E-state index in [4.69, 9.17) is 10.2 Å². The summed E-state index contributed by atoms with van der Waals surface area (Å²) < 4.78 is 6.80. The topological polar surface area (TPSA) is 130 Å². The number of nitrogens with zero attached hydrogens (tertiary/aromatic N) is 8. The van der Waals surface area contributed by atoms with Crippen LogP contribution >= 0.6 is 0 Å². The predicted molar refractivity (Wildman–Crippen MR) is 122 cm³/mol. The Balaban J connectivity index is 1.13. The first-order valence-corrected chi connectivity index (χ1v) is 10.7. The minimum absolute atomic E-state index is 0.244. The van der Waals surface area contributed by atoms with Crippen molar-refractivity contribution in [2.24, 2.45) is 0 Å². The molecule has 1 aromatic carbocycles. The van der Waals surface area contributed by atoms with Crippen LogP contribution in [0.2, 0.25) is 0 Å². The molecule has 0 aliphatic carbocycles.